The summed E-state index contributed by atoms with van der Waals surface area (Å²) in [6.45, 7) is 25.6. The van der Waals surface area contributed by atoms with Gasteiger partial charge in [0.05, 0.1) is 5.69 Å². The van der Waals surface area contributed by atoms with Crippen LogP contribution in [0.5, 0.6) is 0 Å². The topological polar surface area (TPSA) is 22.9 Å². The molecule has 0 spiro atoms. The summed E-state index contributed by atoms with van der Waals surface area (Å²) in [5.74, 6) is 0.253. The number of benzene rings is 11. The van der Waals surface area contributed by atoms with Gasteiger partial charge >= 0.3 is 0 Å². The molecule has 0 saturated heterocycles. The average Bonchev–Trinajstić information content (AvgIpc) is 1.69. The zero-order valence-corrected chi connectivity index (χ0v) is 53.7. The Balaban J connectivity index is 1.07. The first-order chi connectivity index (χ1) is 42.9. The molecule has 0 bridgehead atoms. The number of fused-ring (bicyclic) bond motifs is 9. The molecule has 2 aliphatic heterocycles. The average molecular weight is 1170 g/mol. The summed E-state index contributed by atoms with van der Waals surface area (Å²) in [7, 11) is 0. The van der Waals surface area contributed by atoms with Crippen LogP contribution in [0.4, 0.5) is 51.2 Å². The Bertz CT molecular complexity index is 4880. The van der Waals surface area contributed by atoms with Crippen molar-refractivity contribution in [2.45, 2.75) is 98.3 Å². The van der Waals surface area contributed by atoms with Gasteiger partial charge in [-0.25, -0.2) is 0 Å². The molecule has 0 saturated carbocycles. The smallest absolute Gasteiger partial charge is 0.264 e. The summed E-state index contributed by atoms with van der Waals surface area (Å²) in [5.41, 5.74) is 26.6. The number of anilines is 9. The highest BCUT2D eigenvalue weighted by Crippen LogP contribution is 2.53. The second-order valence-corrected chi connectivity index (χ2v) is 29.1. The molecule has 0 radical (unpaired) electrons. The first-order valence-electron chi connectivity index (χ1n) is 31.6. The van der Waals surface area contributed by atoms with Crippen LogP contribution in [0, 0.1) is 0 Å². The standard InChI is InChI=1S/C83H74BN3OS/c1-52(2)66-49-60(82(6,7)8)35-43-70(66)85(61-36-33-59(34-37-61)81(3,4)5)62-39-41-69-72(50-62)87(71-42-31-57(46-68(71)83(9,10)11)54-25-17-13-18-26-54)74-48-58(55-27-19-14-20-28-55)47-73-78(74)84(69)80-79(67-45-56(32-44-77(67)89-80)53-23-15-12-16-24-53)86(73)63-38-40-65-64-29-21-22-30-75(64)88-76(65)51-63/h12-52H,1-11H3. The highest BCUT2D eigenvalue weighted by molar-refractivity contribution is 7.33. The van der Waals surface area contributed by atoms with Gasteiger partial charge in [0, 0.05) is 77.2 Å². The van der Waals surface area contributed by atoms with E-state index < -0.39 is 0 Å². The van der Waals surface area contributed by atoms with Gasteiger partial charge < -0.3 is 19.1 Å². The minimum absolute atomic E-state index is 0.0108. The lowest BCUT2D eigenvalue weighted by molar-refractivity contribution is 0.588. The fraction of sp³-hybridized carbons (Fsp3) is 0.181. The minimum Gasteiger partial charge on any atom is -0.456 e. The van der Waals surface area contributed by atoms with E-state index in [0.29, 0.717) is 0 Å². The lowest BCUT2D eigenvalue weighted by Crippen LogP contribution is -2.60. The van der Waals surface area contributed by atoms with Crippen molar-refractivity contribution in [1.82, 2.24) is 0 Å². The number of hydrogen-bond donors (Lipinski definition) is 0. The Morgan fingerprint density at radius 3 is 1.65 bits per heavy atom. The number of para-hydroxylation sites is 1. The monoisotopic (exact) mass is 1170 g/mol. The molecule has 13 aromatic rings. The van der Waals surface area contributed by atoms with E-state index in [4.69, 9.17) is 4.42 Å². The van der Waals surface area contributed by atoms with Gasteiger partial charge in [-0.1, -0.05) is 228 Å². The van der Waals surface area contributed by atoms with Crippen molar-refractivity contribution in [2.75, 3.05) is 14.7 Å². The van der Waals surface area contributed by atoms with Gasteiger partial charge in [-0.15, -0.1) is 11.3 Å². The van der Waals surface area contributed by atoms with Crippen LogP contribution in [0.1, 0.15) is 104 Å². The van der Waals surface area contributed by atoms with E-state index in [0.717, 1.165) is 72.9 Å². The van der Waals surface area contributed by atoms with Crippen LogP contribution in [0.3, 0.4) is 0 Å². The summed E-state index contributed by atoms with van der Waals surface area (Å²) in [6.07, 6.45) is 0. The molecule has 0 fully saturated rings. The zero-order chi connectivity index (χ0) is 61.3. The van der Waals surface area contributed by atoms with E-state index in [1.54, 1.807) is 0 Å². The van der Waals surface area contributed by atoms with Crippen LogP contribution in [0.15, 0.2) is 247 Å². The molecule has 89 heavy (non-hydrogen) atoms. The lowest BCUT2D eigenvalue weighted by Gasteiger charge is -2.45. The maximum Gasteiger partial charge on any atom is 0.264 e. The molecule has 0 aliphatic carbocycles. The van der Waals surface area contributed by atoms with Crippen LogP contribution in [-0.2, 0) is 16.2 Å². The maximum absolute atomic E-state index is 6.80. The molecular formula is C83H74BN3OS. The summed E-state index contributed by atoms with van der Waals surface area (Å²) in [6, 6.07) is 91.4. The fourth-order valence-electron chi connectivity index (χ4n) is 14.0. The van der Waals surface area contributed by atoms with Gasteiger partial charge in [0.15, 0.2) is 0 Å². The second-order valence-electron chi connectivity index (χ2n) is 28.0. The highest BCUT2D eigenvalue weighted by Gasteiger charge is 2.47. The van der Waals surface area contributed by atoms with Crippen molar-refractivity contribution in [2.24, 2.45) is 0 Å². The third-order valence-electron chi connectivity index (χ3n) is 18.6. The van der Waals surface area contributed by atoms with Crippen LogP contribution in [-0.4, -0.2) is 6.71 Å². The predicted octanol–water partition coefficient (Wildman–Crippen LogP) is 22.4. The van der Waals surface area contributed by atoms with Crippen LogP contribution in [0.2, 0.25) is 0 Å². The first-order valence-corrected chi connectivity index (χ1v) is 32.4. The van der Waals surface area contributed by atoms with Crippen LogP contribution >= 0.6 is 11.3 Å². The van der Waals surface area contributed by atoms with Gasteiger partial charge in [0.25, 0.3) is 6.71 Å². The van der Waals surface area contributed by atoms with Crippen LogP contribution < -0.4 is 30.4 Å². The molecule has 4 nitrogen and oxygen atoms in total. The number of thiophene rings is 1. The van der Waals surface area contributed by atoms with Crippen molar-refractivity contribution < 1.29 is 4.42 Å². The van der Waals surface area contributed by atoms with E-state index >= 15 is 0 Å². The Kier molecular flexibility index (Phi) is 13.4. The minimum atomic E-state index is -0.267. The first kappa shape index (κ1) is 56.2. The largest absolute Gasteiger partial charge is 0.456 e. The van der Waals surface area contributed by atoms with Gasteiger partial charge in [-0.3, -0.25) is 0 Å². The van der Waals surface area contributed by atoms with Crippen LogP contribution in [0.25, 0.3) is 65.4 Å². The molecule has 2 aromatic heterocycles. The van der Waals surface area contributed by atoms with E-state index in [1.165, 1.54) is 81.7 Å². The number of rotatable bonds is 9. The number of furan rings is 1. The number of nitrogens with zero attached hydrogens (tertiary/aromatic N) is 3. The second kappa shape index (κ2) is 21.2. The molecule has 11 aromatic carbocycles. The summed E-state index contributed by atoms with van der Waals surface area (Å²) >= 11 is 1.94. The van der Waals surface area contributed by atoms with Gasteiger partial charge in [-0.2, -0.15) is 0 Å². The highest BCUT2D eigenvalue weighted by atomic mass is 32.1. The third-order valence-corrected chi connectivity index (χ3v) is 19.9. The van der Waals surface area contributed by atoms with Gasteiger partial charge in [0.1, 0.15) is 11.2 Å². The molecule has 15 rings (SSSR count). The Labute approximate surface area is 529 Å². The number of hydrogen-bond acceptors (Lipinski definition) is 5. The molecule has 0 amide bonds. The molecule has 0 unspecified atom stereocenters. The fourth-order valence-corrected chi connectivity index (χ4v) is 15.3. The molecule has 0 N–H and O–H groups in total. The van der Waals surface area contributed by atoms with Crippen molar-refractivity contribution in [3.05, 3.63) is 265 Å². The Morgan fingerprint density at radius 2 is 1.00 bits per heavy atom. The molecule has 436 valence electrons. The van der Waals surface area contributed by atoms with Crippen molar-refractivity contribution in [3.8, 4) is 33.4 Å². The summed E-state index contributed by atoms with van der Waals surface area (Å²) in [5, 5.41) is 3.45. The van der Waals surface area contributed by atoms with Crippen molar-refractivity contribution in [3.63, 3.8) is 0 Å². The molecule has 6 heteroatoms. The van der Waals surface area contributed by atoms with Crippen molar-refractivity contribution >= 4 is 117 Å². The van der Waals surface area contributed by atoms with E-state index in [9.17, 15) is 0 Å². The van der Waals surface area contributed by atoms with Gasteiger partial charge in [0.2, 0.25) is 0 Å². The SMILES string of the molecule is CC(C)c1cc(C(C)(C)C)ccc1N(c1ccc(C(C)(C)C)cc1)c1ccc2c(c1)N(c1ccc(-c3ccccc3)cc1C(C)(C)C)c1cc(-c3ccccc3)cc3c1B2c1sc2ccc(-c4ccccc4)cc2c1N3c1ccc2c(c1)oc1ccccc12. The lowest BCUT2D eigenvalue weighted by atomic mass is 9.36. The zero-order valence-electron chi connectivity index (χ0n) is 52.9. The van der Waals surface area contributed by atoms with E-state index in [1.807, 2.05) is 11.3 Å². The molecule has 0 atom stereocenters. The summed E-state index contributed by atoms with van der Waals surface area (Å²) < 4.78 is 9.37. The van der Waals surface area contributed by atoms with E-state index in [-0.39, 0.29) is 28.9 Å². The predicted molar refractivity (Wildman–Crippen MR) is 384 cm³/mol. The molecule has 2 aliphatic rings. The quantitative estimate of drug-likeness (QED) is 0.134. The summed E-state index contributed by atoms with van der Waals surface area (Å²) in [4.78, 5) is 7.80. The third kappa shape index (κ3) is 9.66. The Hall–Kier alpha value is -9.36. The van der Waals surface area contributed by atoms with Gasteiger partial charge in [-0.05, 0) is 174 Å². The molecular weight excluding hydrogens is 1100 g/mol. The van der Waals surface area contributed by atoms with E-state index in [2.05, 4.69) is 334 Å². The normalized spacial score (nSPS) is 13.1. The Morgan fingerprint density at radius 1 is 0.416 bits per heavy atom. The molecule has 4 heterocycles. The van der Waals surface area contributed by atoms with Crippen molar-refractivity contribution in [1.29, 1.82) is 0 Å². The maximum atomic E-state index is 6.80.